The standard InChI is InChI=1S/C13H15BrO2/c14-12-3-1-2-11(8-12)9-4-6-10(7-5-9)13(15)16/h1-3,8-10H,4-7H2,(H,15,16). The van der Waals surface area contributed by atoms with Crippen LogP contribution in [0.15, 0.2) is 28.7 Å². The number of halogens is 1. The Morgan fingerprint density at radius 3 is 2.50 bits per heavy atom. The summed E-state index contributed by atoms with van der Waals surface area (Å²) in [6.07, 6.45) is 3.61. The Morgan fingerprint density at radius 1 is 1.25 bits per heavy atom. The Kier molecular flexibility index (Phi) is 3.64. The van der Waals surface area contributed by atoms with Crippen molar-refractivity contribution < 1.29 is 9.90 Å². The zero-order chi connectivity index (χ0) is 11.5. The summed E-state index contributed by atoms with van der Waals surface area (Å²) < 4.78 is 1.10. The van der Waals surface area contributed by atoms with Crippen molar-refractivity contribution in [2.45, 2.75) is 31.6 Å². The van der Waals surface area contributed by atoms with Crippen LogP contribution in [0.2, 0.25) is 0 Å². The van der Waals surface area contributed by atoms with Crippen molar-refractivity contribution in [1.29, 1.82) is 0 Å². The Hall–Kier alpha value is -0.830. The third-order valence-electron chi connectivity index (χ3n) is 3.40. The smallest absolute Gasteiger partial charge is 0.306 e. The first-order chi connectivity index (χ1) is 7.66. The average Bonchev–Trinajstić information content (AvgIpc) is 2.29. The number of carboxylic acids is 1. The zero-order valence-corrected chi connectivity index (χ0v) is 10.6. The predicted octanol–water partition coefficient (Wildman–Crippen LogP) is 3.81. The fraction of sp³-hybridized carbons (Fsp3) is 0.462. The van der Waals surface area contributed by atoms with Crippen LogP contribution in [0.3, 0.4) is 0 Å². The second-order valence-corrected chi connectivity index (χ2v) is 5.36. The fourth-order valence-electron chi connectivity index (χ4n) is 2.43. The van der Waals surface area contributed by atoms with E-state index in [0.717, 1.165) is 30.2 Å². The van der Waals surface area contributed by atoms with E-state index in [4.69, 9.17) is 5.11 Å². The van der Waals surface area contributed by atoms with Crippen LogP contribution >= 0.6 is 15.9 Å². The molecule has 16 heavy (non-hydrogen) atoms. The molecular formula is C13H15BrO2. The van der Waals surface area contributed by atoms with Gasteiger partial charge < -0.3 is 5.11 Å². The molecule has 86 valence electrons. The predicted molar refractivity (Wildman–Crippen MR) is 66.5 cm³/mol. The highest BCUT2D eigenvalue weighted by molar-refractivity contribution is 9.10. The molecule has 1 fully saturated rings. The summed E-state index contributed by atoms with van der Waals surface area (Å²) in [4.78, 5) is 10.8. The maximum absolute atomic E-state index is 10.8. The van der Waals surface area contributed by atoms with E-state index < -0.39 is 5.97 Å². The van der Waals surface area contributed by atoms with Crippen LogP contribution in [0, 0.1) is 5.92 Å². The van der Waals surface area contributed by atoms with E-state index in [1.807, 2.05) is 12.1 Å². The van der Waals surface area contributed by atoms with Crippen LogP contribution in [-0.2, 0) is 4.79 Å². The summed E-state index contributed by atoms with van der Waals surface area (Å²) in [5, 5.41) is 8.93. The van der Waals surface area contributed by atoms with Gasteiger partial charge in [-0.1, -0.05) is 28.1 Å². The van der Waals surface area contributed by atoms with E-state index in [-0.39, 0.29) is 5.92 Å². The second kappa shape index (κ2) is 5.00. The number of rotatable bonds is 2. The Bertz CT molecular complexity index is 381. The highest BCUT2D eigenvalue weighted by Crippen LogP contribution is 2.36. The van der Waals surface area contributed by atoms with Crippen LogP contribution < -0.4 is 0 Å². The lowest BCUT2D eigenvalue weighted by Gasteiger charge is -2.26. The molecule has 0 radical (unpaired) electrons. The number of hydrogen-bond donors (Lipinski definition) is 1. The monoisotopic (exact) mass is 282 g/mol. The molecule has 1 N–H and O–H groups in total. The minimum absolute atomic E-state index is 0.122. The van der Waals surface area contributed by atoms with Gasteiger partial charge in [0, 0.05) is 4.47 Å². The lowest BCUT2D eigenvalue weighted by molar-refractivity contribution is -0.142. The third kappa shape index (κ3) is 2.64. The van der Waals surface area contributed by atoms with Crippen LogP contribution in [0.1, 0.15) is 37.2 Å². The van der Waals surface area contributed by atoms with E-state index in [0.29, 0.717) is 5.92 Å². The molecule has 0 heterocycles. The summed E-state index contributed by atoms with van der Waals surface area (Å²) in [5.41, 5.74) is 1.33. The van der Waals surface area contributed by atoms with Gasteiger partial charge in [-0.25, -0.2) is 0 Å². The molecule has 0 aliphatic heterocycles. The van der Waals surface area contributed by atoms with Gasteiger partial charge in [0.05, 0.1) is 5.92 Å². The van der Waals surface area contributed by atoms with E-state index in [9.17, 15) is 4.79 Å². The molecule has 1 saturated carbocycles. The molecule has 1 aromatic carbocycles. The first kappa shape index (κ1) is 11.6. The van der Waals surface area contributed by atoms with E-state index in [1.54, 1.807) is 0 Å². The van der Waals surface area contributed by atoms with Crippen molar-refractivity contribution in [3.8, 4) is 0 Å². The third-order valence-corrected chi connectivity index (χ3v) is 3.89. The molecule has 1 aromatic rings. The number of benzene rings is 1. The molecule has 0 bridgehead atoms. The van der Waals surface area contributed by atoms with Crippen LogP contribution in [0.5, 0.6) is 0 Å². The number of carbonyl (C=O) groups is 1. The van der Waals surface area contributed by atoms with Crippen molar-refractivity contribution in [2.75, 3.05) is 0 Å². The van der Waals surface area contributed by atoms with Crippen molar-refractivity contribution in [1.82, 2.24) is 0 Å². The first-order valence-corrected chi connectivity index (χ1v) is 6.44. The molecule has 0 unspecified atom stereocenters. The summed E-state index contributed by atoms with van der Waals surface area (Å²) in [7, 11) is 0. The van der Waals surface area contributed by atoms with E-state index in [2.05, 4.69) is 28.1 Å². The SMILES string of the molecule is O=C(O)C1CCC(c2cccc(Br)c2)CC1. The van der Waals surface area contributed by atoms with Crippen molar-refractivity contribution in [2.24, 2.45) is 5.92 Å². The quantitative estimate of drug-likeness (QED) is 0.896. The normalized spacial score (nSPS) is 25.3. The summed E-state index contributed by atoms with van der Waals surface area (Å²) in [6, 6.07) is 8.34. The number of aliphatic carboxylic acids is 1. The molecule has 2 rings (SSSR count). The summed E-state index contributed by atoms with van der Waals surface area (Å²) in [5.74, 6) is -0.218. The Morgan fingerprint density at radius 2 is 1.94 bits per heavy atom. The Balaban J connectivity index is 2.01. The number of carboxylic acid groups (broad SMARTS) is 1. The van der Waals surface area contributed by atoms with Crippen LogP contribution in [0.25, 0.3) is 0 Å². The van der Waals surface area contributed by atoms with E-state index >= 15 is 0 Å². The highest BCUT2D eigenvalue weighted by Gasteiger charge is 2.26. The van der Waals surface area contributed by atoms with Crippen LogP contribution in [-0.4, -0.2) is 11.1 Å². The lowest BCUT2D eigenvalue weighted by atomic mass is 9.79. The van der Waals surface area contributed by atoms with Gasteiger partial charge in [0.25, 0.3) is 0 Å². The topological polar surface area (TPSA) is 37.3 Å². The second-order valence-electron chi connectivity index (χ2n) is 4.44. The maximum atomic E-state index is 10.8. The van der Waals surface area contributed by atoms with Gasteiger partial charge in [0.2, 0.25) is 0 Å². The average molecular weight is 283 g/mol. The highest BCUT2D eigenvalue weighted by atomic mass is 79.9. The van der Waals surface area contributed by atoms with Gasteiger partial charge in [0.1, 0.15) is 0 Å². The van der Waals surface area contributed by atoms with Gasteiger partial charge in [-0.15, -0.1) is 0 Å². The first-order valence-electron chi connectivity index (χ1n) is 5.65. The molecule has 0 aromatic heterocycles. The van der Waals surface area contributed by atoms with Gasteiger partial charge in [-0.3, -0.25) is 4.79 Å². The molecule has 0 amide bonds. The zero-order valence-electron chi connectivity index (χ0n) is 9.03. The molecule has 2 nitrogen and oxygen atoms in total. The molecule has 1 aliphatic rings. The fourth-order valence-corrected chi connectivity index (χ4v) is 2.85. The van der Waals surface area contributed by atoms with Crippen molar-refractivity contribution in [3.63, 3.8) is 0 Å². The van der Waals surface area contributed by atoms with Gasteiger partial charge >= 0.3 is 5.97 Å². The van der Waals surface area contributed by atoms with Crippen molar-refractivity contribution in [3.05, 3.63) is 34.3 Å². The van der Waals surface area contributed by atoms with E-state index in [1.165, 1.54) is 5.56 Å². The number of hydrogen-bond acceptors (Lipinski definition) is 1. The van der Waals surface area contributed by atoms with Gasteiger partial charge in [-0.2, -0.15) is 0 Å². The van der Waals surface area contributed by atoms with Crippen molar-refractivity contribution >= 4 is 21.9 Å². The molecule has 0 saturated heterocycles. The van der Waals surface area contributed by atoms with Gasteiger partial charge in [0.15, 0.2) is 0 Å². The summed E-state index contributed by atoms with van der Waals surface area (Å²) >= 11 is 3.47. The summed E-state index contributed by atoms with van der Waals surface area (Å²) in [6.45, 7) is 0. The molecular weight excluding hydrogens is 268 g/mol. The van der Waals surface area contributed by atoms with Crippen LogP contribution in [0.4, 0.5) is 0 Å². The minimum Gasteiger partial charge on any atom is -0.481 e. The minimum atomic E-state index is -0.632. The Labute approximate surface area is 104 Å². The largest absolute Gasteiger partial charge is 0.481 e. The maximum Gasteiger partial charge on any atom is 0.306 e. The molecule has 3 heteroatoms. The molecule has 0 atom stereocenters. The van der Waals surface area contributed by atoms with Gasteiger partial charge in [-0.05, 0) is 49.3 Å². The lowest BCUT2D eigenvalue weighted by Crippen LogP contribution is -2.20. The molecule has 1 aliphatic carbocycles. The molecule has 0 spiro atoms.